The molecule has 7 nitrogen and oxygen atoms in total. The highest BCUT2D eigenvalue weighted by Crippen LogP contribution is 2.36. The first-order valence-electron chi connectivity index (χ1n) is 10.3. The first-order chi connectivity index (χ1) is 16.3. The van der Waals surface area contributed by atoms with Gasteiger partial charge in [-0.3, -0.25) is 9.36 Å². The van der Waals surface area contributed by atoms with Crippen LogP contribution in [0.2, 0.25) is 5.02 Å². The van der Waals surface area contributed by atoms with E-state index in [1.165, 1.54) is 23.0 Å². The van der Waals surface area contributed by atoms with Crippen LogP contribution in [0, 0.1) is 0 Å². The summed E-state index contributed by atoms with van der Waals surface area (Å²) in [7, 11) is 1.45. The second-order valence-electron chi connectivity index (χ2n) is 7.38. The highest BCUT2D eigenvalue weighted by Gasteiger charge is 2.34. The summed E-state index contributed by atoms with van der Waals surface area (Å²) in [5.74, 6) is -0.313. The SMILES string of the molecule is CCOC(=O)C1=C(C)N=c2s/c(=C\c3cc(Br)c(O)c(OC)c3)c(=O)n2[C@@H]1c1ccccc1Cl. The number of methoxy groups -OCH3 is 1. The molecule has 3 aromatic rings. The Morgan fingerprint density at radius 2 is 2.09 bits per heavy atom. The molecule has 176 valence electrons. The standard InChI is InChI=1S/C24H20BrClN2O5S/c1-4-33-23(31)19-12(2)27-24-28(20(19)14-7-5-6-8-16(14)26)22(30)18(34-24)11-13-9-15(25)21(29)17(10-13)32-3/h5-11,20,29H,4H2,1-3H3/b18-11-/t20-/m1/s1. The van der Waals surface area contributed by atoms with Gasteiger partial charge >= 0.3 is 5.97 Å². The third-order valence-electron chi connectivity index (χ3n) is 5.29. The maximum absolute atomic E-state index is 13.6. The largest absolute Gasteiger partial charge is 0.503 e. The van der Waals surface area contributed by atoms with Crippen molar-refractivity contribution >= 4 is 50.9 Å². The molecule has 2 aromatic carbocycles. The minimum atomic E-state index is -0.785. The summed E-state index contributed by atoms with van der Waals surface area (Å²) in [5, 5.41) is 10.5. The van der Waals surface area contributed by atoms with E-state index in [4.69, 9.17) is 21.1 Å². The van der Waals surface area contributed by atoms with Gasteiger partial charge in [-0.1, -0.05) is 41.1 Å². The minimum Gasteiger partial charge on any atom is -0.503 e. The summed E-state index contributed by atoms with van der Waals surface area (Å²) >= 11 is 11.0. The van der Waals surface area contributed by atoms with Crippen LogP contribution in [0.3, 0.4) is 0 Å². The lowest BCUT2D eigenvalue weighted by atomic mass is 9.96. The number of carbonyl (C=O) groups excluding carboxylic acids is 1. The number of carbonyl (C=O) groups is 1. The lowest BCUT2D eigenvalue weighted by Gasteiger charge is -2.25. The van der Waals surface area contributed by atoms with Crippen molar-refractivity contribution in [1.82, 2.24) is 4.57 Å². The molecule has 1 atom stereocenters. The van der Waals surface area contributed by atoms with E-state index in [-0.39, 0.29) is 29.2 Å². The number of rotatable bonds is 5. The van der Waals surface area contributed by atoms with Crippen LogP contribution in [-0.4, -0.2) is 29.4 Å². The molecule has 0 saturated carbocycles. The Bertz CT molecular complexity index is 1510. The smallest absolute Gasteiger partial charge is 0.338 e. The average molecular weight is 564 g/mol. The molecule has 0 spiro atoms. The Balaban J connectivity index is 1.98. The zero-order chi connectivity index (χ0) is 24.6. The first-order valence-corrected chi connectivity index (χ1v) is 12.3. The van der Waals surface area contributed by atoms with Crippen LogP contribution < -0.4 is 19.6 Å². The van der Waals surface area contributed by atoms with Crippen LogP contribution >= 0.6 is 38.9 Å². The quantitative estimate of drug-likeness (QED) is 0.475. The van der Waals surface area contributed by atoms with E-state index in [9.17, 15) is 14.7 Å². The molecule has 1 N–H and O–H groups in total. The molecule has 1 aromatic heterocycles. The van der Waals surface area contributed by atoms with Crippen molar-refractivity contribution in [2.75, 3.05) is 13.7 Å². The zero-order valence-electron chi connectivity index (χ0n) is 18.5. The highest BCUT2D eigenvalue weighted by molar-refractivity contribution is 9.10. The van der Waals surface area contributed by atoms with Gasteiger partial charge in [0.1, 0.15) is 6.04 Å². The Hall–Kier alpha value is -2.88. The molecule has 4 rings (SSSR count). The fourth-order valence-corrected chi connectivity index (χ4v) is 5.51. The Morgan fingerprint density at radius 1 is 1.35 bits per heavy atom. The van der Waals surface area contributed by atoms with E-state index >= 15 is 0 Å². The van der Waals surface area contributed by atoms with Crippen LogP contribution in [0.5, 0.6) is 11.5 Å². The number of halogens is 2. The summed E-state index contributed by atoms with van der Waals surface area (Å²) in [5.41, 5.74) is 1.64. The van der Waals surface area contributed by atoms with Gasteiger partial charge in [0.2, 0.25) is 0 Å². The number of benzene rings is 2. The summed E-state index contributed by atoms with van der Waals surface area (Å²) in [6.45, 7) is 3.62. The number of aromatic hydroxyl groups is 1. The predicted octanol–water partition coefficient (Wildman–Crippen LogP) is 3.93. The Labute approximate surface area is 212 Å². The van der Waals surface area contributed by atoms with Gasteiger partial charge < -0.3 is 14.6 Å². The molecule has 1 aliphatic rings. The van der Waals surface area contributed by atoms with E-state index in [1.54, 1.807) is 56.3 Å². The summed E-state index contributed by atoms with van der Waals surface area (Å²) in [6, 6.07) is 9.60. The van der Waals surface area contributed by atoms with Crippen molar-refractivity contribution in [3.05, 3.63) is 88.0 Å². The number of aromatic nitrogens is 1. The van der Waals surface area contributed by atoms with Crippen molar-refractivity contribution in [3.63, 3.8) is 0 Å². The van der Waals surface area contributed by atoms with E-state index in [1.807, 2.05) is 0 Å². The van der Waals surface area contributed by atoms with Crippen molar-refractivity contribution in [1.29, 1.82) is 0 Å². The fraction of sp³-hybridized carbons (Fsp3) is 0.208. The predicted molar refractivity (Wildman–Crippen MR) is 134 cm³/mol. The molecule has 34 heavy (non-hydrogen) atoms. The summed E-state index contributed by atoms with van der Waals surface area (Å²) < 4.78 is 12.8. The third kappa shape index (κ3) is 4.31. The van der Waals surface area contributed by atoms with Gasteiger partial charge in [0, 0.05) is 5.02 Å². The lowest BCUT2D eigenvalue weighted by molar-refractivity contribution is -0.139. The highest BCUT2D eigenvalue weighted by atomic mass is 79.9. The molecule has 2 heterocycles. The van der Waals surface area contributed by atoms with Gasteiger partial charge in [-0.15, -0.1) is 0 Å². The average Bonchev–Trinajstić information content (AvgIpc) is 3.10. The number of phenolic OH excluding ortho intramolecular Hbond substituents is 1. The van der Waals surface area contributed by atoms with Crippen LogP contribution in [0.15, 0.2) is 61.9 Å². The number of ether oxygens (including phenoxy) is 2. The summed E-state index contributed by atoms with van der Waals surface area (Å²) in [4.78, 5) is 31.5. The number of fused-ring (bicyclic) bond motifs is 1. The third-order valence-corrected chi connectivity index (χ3v) is 7.22. The number of esters is 1. The Kier molecular flexibility index (Phi) is 6.97. The maximum atomic E-state index is 13.6. The molecular formula is C24H20BrClN2O5S. The number of hydrogen-bond donors (Lipinski definition) is 1. The number of hydrogen-bond acceptors (Lipinski definition) is 7. The van der Waals surface area contributed by atoms with Crippen molar-refractivity contribution in [2.45, 2.75) is 19.9 Å². The van der Waals surface area contributed by atoms with Crippen molar-refractivity contribution in [2.24, 2.45) is 4.99 Å². The van der Waals surface area contributed by atoms with Gasteiger partial charge in [-0.05, 0) is 65.2 Å². The molecule has 10 heteroatoms. The molecule has 0 unspecified atom stereocenters. The lowest BCUT2D eigenvalue weighted by Crippen LogP contribution is -2.40. The van der Waals surface area contributed by atoms with Gasteiger partial charge in [-0.2, -0.15) is 0 Å². The molecule has 1 aliphatic heterocycles. The van der Waals surface area contributed by atoms with E-state index in [0.717, 1.165) is 0 Å². The fourth-order valence-electron chi connectivity index (χ4n) is 3.77. The number of allylic oxidation sites excluding steroid dienone is 1. The topological polar surface area (TPSA) is 90.1 Å². The van der Waals surface area contributed by atoms with Crippen LogP contribution in [-0.2, 0) is 9.53 Å². The van der Waals surface area contributed by atoms with Gasteiger partial charge in [-0.25, -0.2) is 9.79 Å². The molecule has 0 amide bonds. The zero-order valence-corrected chi connectivity index (χ0v) is 21.6. The van der Waals surface area contributed by atoms with Gasteiger partial charge in [0.05, 0.1) is 34.0 Å². The molecule has 0 saturated heterocycles. The van der Waals surface area contributed by atoms with E-state index < -0.39 is 12.0 Å². The van der Waals surface area contributed by atoms with E-state index in [2.05, 4.69) is 20.9 Å². The van der Waals surface area contributed by atoms with E-state index in [0.29, 0.717) is 35.7 Å². The van der Waals surface area contributed by atoms with Crippen LogP contribution in [0.25, 0.3) is 6.08 Å². The second kappa shape index (κ2) is 9.77. The number of thiazole rings is 1. The molecule has 0 aliphatic carbocycles. The maximum Gasteiger partial charge on any atom is 0.338 e. The minimum absolute atomic E-state index is 0.0328. The Morgan fingerprint density at radius 3 is 2.76 bits per heavy atom. The molecule has 0 bridgehead atoms. The molecule has 0 fully saturated rings. The van der Waals surface area contributed by atoms with Crippen molar-refractivity contribution < 1.29 is 19.4 Å². The van der Waals surface area contributed by atoms with Crippen LogP contribution in [0.4, 0.5) is 0 Å². The summed E-state index contributed by atoms with van der Waals surface area (Å²) in [6.07, 6.45) is 1.68. The van der Waals surface area contributed by atoms with Crippen molar-refractivity contribution in [3.8, 4) is 11.5 Å². The number of phenols is 1. The molecular weight excluding hydrogens is 544 g/mol. The van der Waals surface area contributed by atoms with Gasteiger partial charge in [0.25, 0.3) is 5.56 Å². The van der Waals surface area contributed by atoms with Gasteiger partial charge in [0.15, 0.2) is 16.3 Å². The number of nitrogens with zero attached hydrogens (tertiary/aromatic N) is 2. The second-order valence-corrected chi connectivity index (χ2v) is 9.65. The first kappa shape index (κ1) is 24.3. The molecule has 0 radical (unpaired) electrons. The normalized spacial score (nSPS) is 15.7. The monoisotopic (exact) mass is 562 g/mol. The van der Waals surface area contributed by atoms with Crippen LogP contribution in [0.1, 0.15) is 31.0 Å².